The normalized spacial score (nSPS) is 11.8. The van der Waals surface area contributed by atoms with E-state index in [0.717, 1.165) is 17.8 Å². The fourth-order valence-corrected chi connectivity index (χ4v) is 2.51. The molecule has 0 aliphatic heterocycles. The van der Waals surface area contributed by atoms with E-state index in [1.165, 1.54) is 10.6 Å². The van der Waals surface area contributed by atoms with E-state index in [1.807, 2.05) is 19.9 Å². The van der Waals surface area contributed by atoms with Gasteiger partial charge in [-0.3, -0.25) is 0 Å². The van der Waals surface area contributed by atoms with E-state index < -0.39 is 10.0 Å². The highest BCUT2D eigenvalue weighted by molar-refractivity contribution is 7.88. The van der Waals surface area contributed by atoms with Crippen molar-refractivity contribution in [2.24, 2.45) is 0 Å². The molecule has 7 heteroatoms. The van der Waals surface area contributed by atoms with Crippen LogP contribution in [0.5, 0.6) is 0 Å². The monoisotopic (exact) mass is 272 g/mol. The van der Waals surface area contributed by atoms with Gasteiger partial charge in [-0.15, -0.1) is 5.10 Å². The molecule has 1 rings (SSSR count). The lowest BCUT2D eigenvalue weighted by Gasteiger charge is -2.17. The third-order valence-corrected chi connectivity index (χ3v) is 3.88. The molecule has 0 radical (unpaired) electrons. The average Bonchev–Trinajstić information content (AvgIpc) is 2.27. The second-order valence-corrected chi connectivity index (χ2v) is 6.14. The predicted molar refractivity (Wildman–Crippen MR) is 72.0 cm³/mol. The maximum absolute atomic E-state index is 11.4. The van der Waals surface area contributed by atoms with Crippen molar-refractivity contribution in [3.63, 3.8) is 0 Å². The Balaban J connectivity index is 2.35. The SMILES string of the molecule is CCN(CCCNc1cc(C)cnn1)S(C)(=O)=O. The van der Waals surface area contributed by atoms with E-state index in [2.05, 4.69) is 15.5 Å². The van der Waals surface area contributed by atoms with Crippen molar-refractivity contribution < 1.29 is 8.42 Å². The Morgan fingerprint density at radius 2 is 2.17 bits per heavy atom. The standard InChI is InChI=1S/C11H20N4O2S/c1-4-15(18(3,16)17)7-5-6-12-11-8-10(2)9-13-14-11/h8-9H,4-7H2,1-3H3,(H,12,14). The molecule has 0 unspecified atom stereocenters. The van der Waals surface area contributed by atoms with Crippen LogP contribution in [0.15, 0.2) is 12.3 Å². The Bertz CT molecular complexity index is 476. The van der Waals surface area contributed by atoms with Crippen LogP contribution in [0.2, 0.25) is 0 Å². The molecule has 0 saturated heterocycles. The molecule has 18 heavy (non-hydrogen) atoms. The molecule has 0 aromatic carbocycles. The molecule has 0 saturated carbocycles. The largest absolute Gasteiger partial charge is 0.369 e. The van der Waals surface area contributed by atoms with Crippen LogP contribution < -0.4 is 5.32 Å². The van der Waals surface area contributed by atoms with Crippen LogP contribution in [0.4, 0.5) is 5.82 Å². The minimum absolute atomic E-state index is 0.503. The summed E-state index contributed by atoms with van der Waals surface area (Å²) in [5, 5.41) is 10.9. The van der Waals surface area contributed by atoms with Gasteiger partial charge in [-0.2, -0.15) is 5.10 Å². The summed E-state index contributed by atoms with van der Waals surface area (Å²) in [5.74, 6) is 0.720. The molecule has 0 aliphatic rings. The minimum Gasteiger partial charge on any atom is -0.369 e. The van der Waals surface area contributed by atoms with Crippen LogP contribution in [0.3, 0.4) is 0 Å². The van der Waals surface area contributed by atoms with Gasteiger partial charge in [0.2, 0.25) is 10.0 Å². The lowest BCUT2D eigenvalue weighted by molar-refractivity contribution is 0.428. The van der Waals surface area contributed by atoms with E-state index in [9.17, 15) is 8.42 Å². The van der Waals surface area contributed by atoms with Crippen molar-refractivity contribution in [1.82, 2.24) is 14.5 Å². The first-order valence-corrected chi connectivity index (χ1v) is 7.76. The molecule has 0 fully saturated rings. The van der Waals surface area contributed by atoms with Crippen molar-refractivity contribution in [2.75, 3.05) is 31.2 Å². The maximum atomic E-state index is 11.4. The summed E-state index contributed by atoms with van der Waals surface area (Å²) < 4.78 is 24.2. The smallest absolute Gasteiger partial charge is 0.211 e. The van der Waals surface area contributed by atoms with Gasteiger partial charge >= 0.3 is 0 Å². The first-order valence-electron chi connectivity index (χ1n) is 5.92. The highest BCUT2D eigenvalue weighted by Gasteiger charge is 2.12. The van der Waals surface area contributed by atoms with E-state index >= 15 is 0 Å². The van der Waals surface area contributed by atoms with Gasteiger partial charge in [-0.05, 0) is 25.0 Å². The topological polar surface area (TPSA) is 75.2 Å². The lowest BCUT2D eigenvalue weighted by Crippen LogP contribution is -2.31. The zero-order chi connectivity index (χ0) is 13.6. The van der Waals surface area contributed by atoms with E-state index in [-0.39, 0.29) is 0 Å². The Hall–Kier alpha value is -1.21. The highest BCUT2D eigenvalue weighted by Crippen LogP contribution is 2.04. The summed E-state index contributed by atoms with van der Waals surface area (Å²) in [6, 6.07) is 1.90. The molecule has 0 amide bonds. The molecule has 0 spiro atoms. The van der Waals surface area contributed by atoms with Crippen molar-refractivity contribution in [2.45, 2.75) is 20.3 Å². The fourth-order valence-electron chi connectivity index (χ4n) is 1.58. The number of rotatable bonds is 7. The lowest BCUT2D eigenvalue weighted by atomic mass is 10.3. The zero-order valence-corrected chi connectivity index (χ0v) is 11.9. The summed E-state index contributed by atoms with van der Waals surface area (Å²) in [6.07, 6.45) is 3.65. The van der Waals surface area contributed by atoms with Gasteiger partial charge in [-0.25, -0.2) is 12.7 Å². The molecule has 0 bridgehead atoms. The molecule has 0 aliphatic carbocycles. The van der Waals surface area contributed by atoms with E-state index in [1.54, 1.807) is 6.20 Å². The van der Waals surface area contributed by atoms with Crippen LogP contribution in [-0.4, -0.2) is 48.8 Å². The Kier molecular flexibility index (Phi) is 5.49. The van der Waals surface area contributed by atoms with Crippen LogP contribution in [0.1, 0.15) is 18.9 Å². The number of nitrogens with zero attached hydrogens (tertiary/aromatic N) is 3. The predicted octanol–water partition coefficient (Wildman–Crippen LogP) is 0.869. The number of aryl methyl sites for hydroxylation is 1. The zero-order valence-electron chi connectivity index (χ0n) is 11.0. The van der Waals surface area contributed by atoms with Gasteiger partial charge < -0.3 is 5.32 Å². The van der Waals surface area contributed by atoms with Crippen LogP contribution in [-0.2, 0) is 10.0 Å². The van der Waals surface area contributed by atoms with Crippen LogP contribution in [0, 0.1) is 6.92 Å². The maximum Gasteiger partial charge on any atom is 0.211 e. The highest BCUT2D eigenvalue weighted by atomic mass is 32.2. The quantitative estimate of drug-likeness (QED) is 0.745. The molecular weight excluding hydrogens is 252 g/mol. The van der Waals surface area contributed by atoms with Crippen molar-refractivity contribution >= 4 is 15.8 Å². The van der Waals surface area contributed by atoms with E-state index in [0.29, 0.717) is 19.6 Å². The molecule has 1 aromatic heterocycles. The van der Waals surface area contributed by atoms with Crippen molar-refractivity contribution in [3.8, 4) is 0 Å². The second-order valence-electron chi connectivity index (χ2n) is 4.15. The fraction of sp³-hybridized carbons (Fsp3) is 0.636. The molecular formula is C11H20N4O2S. The van der Waals surface area contributed by atoms with Gasteiger partial charge in [0.15, 0.2) is 0 Å². The van der Waals surface area contributed by atoms with E-state index in [4.69, 9.17) is 0 Å². The van der Waals surface area contributed by atoms with Gasteiger partial charge in [0.05, 0.1) is 12.5 Å². The van der Waals surface area contributed by atoms with Gasteiger partial charge in [-0.1, -0.05) is 6.92 Å². The van der Waals surface area contributed by atoms with Gasteiger partial charge in [0, 0.05) is 19.6 Å². The molecule has 1 N–H and O–H groups in total. The van der Waals surface area contributed by atoms with Gasteiger partial charge in [0.25, 0.3) is 0 Å². The summed E-state index contributed by atoms with van der Waals surface area (Å²) >= 11 is 0. The third kappa shape index (κ3) is 4.97. The summed E-state index contributed by atoms with van der Waals surface area (Å²) in [5.41, 5.74) is 1.04. The number of sulfonamides is 1. The van der Waals surface area contributed by atoms with Crippen LogP contribution >= 0.6 is 0 Å². The molecule has 0 atom stereocenters. The summed E-state index contributed by atoms with van der Waals surface area (Å²) in [7, 11) is -3.09. The Morgan fingerprint density at radius 3 is 2.72 bits per heavy atom. The number of nitrogens with one attached hydrogen (secondary N) is 1. The molecule has 6 nitrogen and oxygen atoms in total. The number of aromatic nitrogens is 2. The molecule has 102 valence electrons. The minimum atomic E-state index is -3.09. The number of anilines is 1. The first kappa shape index (κ1) is 14.8. The summed E-state index contributed by atoms with van der Waals surface area (Å²) in [6.45, 7) is 5.47. The molecule has 1 heterocycles. The Labute approximate surface area is 108 Å². The number of hydrogen-bond acceptors (Lipinski definition) is 5. The van der Waals surface area contributed by atoms with Crippen molar-refractivity contribution in [1.29, 1.82) is 0 Å². The average molecular weight is 272 g/mol. The van der Waals surface area contributed by atoms with Gasteiger partial charge in [0.1, 0.15) is 5.82 Å². The van der Waals surface area contributed by atoms with Crippen molar-refractivity contribution in [3.05, 3.63) is 17.8 Å². The summed E-state index contributed by atoms with van der Waals surface area (Å²) in [4.78, 5) is 0. The second kappa shape index (κ2) is 6.65. The van der Waals surface area contributed by atoms with Crippen LogP contribution in [0.25, 0.3) is 0 Å². The molecule has 1 aromatic rings. The third-order valence-electron chi connectivity index (χ3n) is 2.50. The first-order chi connectivity index (χ1) is 8.43. The number of hydrogen-bond donors (Lipinski definition) is 1. The Morgan fingerprint density at radius 1 is 1.44 bits per heavy atom.